The molecule has 102 valence electrons. The summed E-state index contributed by atoms with van der Waals surface area (Å²) in [6.45, 7) is 5.02. The van der Waals surface area contributed by atoms with Gasteiger partial charge < -0.3 is 4.74 Å². The standard InChI is InChI=1S/C14H18ClN3O/c1-4-18-9-11(16-17-18)7-10(2)13-6-5-12(19-3)8-14(13)15/h5-6,8-10H,4,7H2,1-3H3. The summed E-state index contributed by atoms with van der Waals surface area (Å²) >= 11 is 6.28. The van der Waals surface area contributed by atoms with Crippen molar-refractivity contribution in [3.05, 3.63) is 40.7 Å². The van der Waals surface area contributed by atoms with Gasteiger partial charge in [0.05, 0.1) is 12.8 Å². The third-order valence-electron chi connectivity index (χ3n) is 3.16. The van der Waals surface area contributed by atoms with E-state index in [0.717, 1.165) is 35.0 Å². The van der Waals surface area contributed by atoms with Crippen molar-refractivity contribution < 1.29 is 4.74 Å². The molecule has 0 bridgehead atoms. The predicted octanol–water partition coefficient (Wildman–Crippen LogP) is 3.31. The Hall–Kier alpha value is -1.55. The minimum Gasteiger partial charge on any atom is -0.497 e. The molecule has 1 unspecified atom stereocenters. The second kappa shape index (κ2) is 6.06. The first-order valence-corrected chi connectivity index (χ1v) is 6.74. The molecule has 1 heterocycles. The van der Waals surface area contributed by atoms with Gasteiger partial charge in [0.1, 0.15) is 5.75 Å². The van der Waals surface area contributed by atoms with E-state index in [1.165, 1.54) is 0 Å². The molecule has 0 fully saturated rings. The van der Waals surface area contributed by atoms with Crippen LogP contribution in [0.5, 0.6) is 5.75 Å². The highest BCUT2D eigenvalue weighted by Gasteiger charge is 2.13. The summed E-state index contributed by atoms with van der Waals surface area (Å²) in [6, 6.07) is 5.78. The molecule has 0 amide bonds. The number of aryl methyl sites for hydroxylation is 1. The zero-order valence-corrected chi connectivity index (χ0v) is 12.2. The summed E-state index contributed by atoms with van der Waals surface area (Å²) in [5.74, 6) is 1.07. The van der Waals surface area contributed by atoms with Gasteiger partial charge in [0, 0.05) is 17.8 Å². The van der Waals surface area contributed by atoms with Gasteiger partial charge in [-0.15, -0.1) is 5.10 Å². The lowest BCUT2D eigenvalue weighted by Crippen LogP contribution is -2.00. The number of methoxy groups -OCH3 is 1. The smallest absolute Gasteiger partial charge is 0.120 e. The van der Waals surface area contributed by atoms with Crippen LogP contribution >= 0.6 is 11.6 Å². The average molecular weight is 280 g/mol. The molecule has 19 heavy (non-hydrogen) atoms. The molecule has 1 atom stereocenters. The number of rotatable bonds is 5. The molecule has 0 aliphatic carbocycles. The molecule has 4 nitrogen and oxygen atoms in total. The van der Waals surface area contributed by atoms with Crippen LogP contribution in [0.3, 0.4) is 0 Å². The summed E-state index contributed by atoms with van der Waals surface area (Å²) in [5.41, 5.74) is 2.09. The Morgan fingerprint density at radius 3 is 2.79 bits per heavy atom. The van der Waals surface area contributed by atoms with Crippen LogP contribution in [0.15, 0.2) is 24.4 Å². The lowest BCUT2D eigenvalue weighted by Gasteiger charge is -2.13. The van der Waals surface area contributed by atoms with Crippen LogP contribution in [-0.2, 0) is 13.0 Å². The quantitative estimate of drug-likeness (QED) is 0.843. The molecule has 5 heteroatoms. The number of ether oxygens (including phenoxy) is 1. The third-order valence-corrected chi connectivity index (χ3v) is 3.49. The van der Waals surface area contributed by atoms with Crippen molar-refractivity contribution in [1.29, 1.82) is 0 Å². The van der Waals surface area contributed by atoms with Gasteiger partial charge in [0.25, 0.3) is 0 Å². The van der Waals surface area contributed by atoms with Crippen molar-refractivity contribution in [3.63, 3.8) is 0 Å². The topological polar surface area (TPSA) is 39.9 Å². The Kier molecular flexibility index (Phi) is 4.43. The zero-order chi connectivity index (χ0) is 13.8. The van der Waals surface area contributed by atoms with Crippen LogP contribution in [0.2, 0.25) is 5.02 Å². The second-order valence-electron chi connectivity index (χ2n) is 4.56. The lowest BCUT2D eigenvalue weighted by molar-refractivity contribution is 0.414. The highest BCUT2D eigenvalue weighted by atomic mass is 35.5. The van der Waals surface area contributed by atoms with Gasteiger partial charge in [-0.25, -0.2) is 0 Å². The monoisotopic (exact) mass is 279 g/mol. The molecular weight excluding hydrogens is 262 g/mol. The molecule has 0 saturated heterocycles. The van der Waals surface area contributed by atoms with E-state index in [1.54, 1.807) is 7.11 Å². The van der Waals surface area contributed by atoms with Gasteiger partial charge in [-0.05, 0) is 37.0 Å². The van der Waals surface area contributed by atoms with E-state index in [2.05, 4.69) is 17.2 Å². The molecular formula is C14H18ClN3O. The summed E-state index contributed by atoms with van der Waals surface area (Å²) in [4.78, 5) is 0. The zero-order valence-electron chi connectivity index (χ0n) is 11.4. The molecule has 0 radical (unpaired) electrons. The van der Waals surface area contributed by atoms with E-state index in [-0.39, 0.29) is 0 Å². The normalized spacial score (nSPS) is 12.4. The van der Waals surface area contributed by atoms with Crippen molar-refractivity contribution >= 4 is 11.6 Å². The molecule has 1 aromatic carbocycles. The maximum Gasteiger partial charge on any atom is 0.120 e. The largest absolute Gasteiger partial charge is 0.497 e. The number of hydrogen-bond donors (Lipinski definition) is 0. The number of benzene rings is 1. The molecule has 0 saturated carbocycles. The Labute approximate surface area is 118 Å². The molecule has 0 spiro atoms. The number of nitrogens with zero attached hydrogens (tertiary/aromatic N) is 3. The van der Waals surface area contributed by atoms with Gasteiger partial charge in [0.15, 0.2) is 0 Å². The average Bonchev–Trinajstić information content (AvgIpc) is 2.86. The van der Waals surface area contributed by atoms with E-state index in [9.17, 15) is 0 Å². The molecule has 0 N–H and O–H groups in total. The fourth-order valence-electron chi connectivity index (χ4n) is 2.04. The van der Waals surface area contributed by atoms with Crippen molar-refractivity contribution in [2.24, 2.45) is 0 Å². The summed E-state index contributed by atoms with van der Waals surface area (Å²) in [5, 5.41) is 8.94. The predicted molar refractivity (Wildman–Crippen MR) is 75.8 cm³/mol. The van der Waals surface area contributed by atoms with Gasteiger partial charge in [-0.2, -0.15) is 0 Å². The third kappa shape index (κ3) is 3.26. The number of hydrogen-bond acceptors (Lipinski definition) is 3. The number of aromatic nitrogens is 3. The molecule has 1 aromatic heterocycles. The maximum absolute atomic E-state index is 6.28. The first kappa shape index (κ1) is 13.9. The highest BCUT2D eigenvalue weighted by Crippen LogP contribution is 2.29. The highest BCUT2D eigenvalue weighted by molar-refractivity contribution is 6.31. The Morgan fingerprint density at radius 2 is 2.21 bits per heavy atom. The van der Waals surface area contributed by atoms with Gasteiger partial charge in [0.2, 0.25) is 0 Å². The van der Waals surface area contributed by atoms with Crippen molar-refractivity contribution in [2.75, 3.05) is 7.11 Å². The lowest BCUT2D eigenvalue weighted by atomic mass is 9.96. The summed E-state index contributed by atoms with van der Waals surface area (Å²) in [6.07, 6.45) is 2.81. The van der Waals surface area contributed by atoms with Crippen LogP contribution in [0, 0.1) is 0 Å². The Balaban J connectivity index is 2.13. The number of halogens is 1. The van der Waals surface area contributed by atoms with E-state index in [4.69, 9.17) is 16.3 Å². The second-order valence-corrected chi connectivity index (χ2v) is 4.97. The van der Waals surface area contributed by atoms with Crippen LogP contribution in [-0.4, -0.2) is 22.1 Å². The van der Waals surface area contributed by atoms with Gasteiger partial charge in [-0.1, -0.05) is 29.8 Å². The van der Waals surface area contributed by atoms with E-state index in [0.29, 0.717) is 5.92 Å². The first-order valence-electron chi connectivity index (χ1n) is 6.36. The fourth-order valence-corrected chi connectivity index (χ4v) is 2.40. The van der Waals surface area contributed by atoms with Crippen LogP contribution in [0.4, 0.5) is 0 Å². The Morgan fingerprint density at radius 1 is 1.42 bits per heavy atom. The molecule has 2 rings (SSSR count). The van der Waals surface area contributed by atoms with Crippen molar-refractivity contribution in [1.82, 2.24) is 15.0 Å². The Bertz CT molecular complexity index is 553. The fraction of sp³-hybridized carbons (Fsp3) is 0.429. The molecule has 0 aliphatic rings. The minimum atomic E-state index is 0.292. The van der Waals surface area contributed by atoms with Gasteiger partial charge >= 0.3 is 0 Å². The van der Waals surface area contributed by atoms with E-state index >= 15 is 0 Å². The molecule has 2 aromatic rings. The van der Waals surface area contributed by atoms with Crippen LogP contribution < -0.4 is 4.74 Å². The van der Waals surface area contributed by atoms with Crippen LogP contribution in [0.25, 0.3) is 0 Å². The van der Waals surface area contributed by atoms with E-state index in [1.807, 2.05) is 36.0 Å². The first-order chi connectivity index (χ1) is 9.13. The maximum atomic E-state index is 6.28. The summed E-state index contributed by atoms with van der Waals surface area (Å²) < 4.78 is 6.99. The SMILES string of the molecule is CCn1cc(CC(C)c2ccc(OC)cc2Cl)nn1. The van der Waals surface area contributed by atoms with Crippen molar-refractivity contribution in [2.45, 2.75) is 32.7 Å². The minimum absolute atomic E-state index is 0.292. The van der Waals surface area contributed by atoms with Crippen LogP contribution in [0.1, 0.15) is 31.0 Å². The summed E-state index contributed by atoms with van der Waals surface area (Å²) in [7, 11) is 1.64. The molecule has 0 aliphatic heterocycles. The van der Waals surface area contributed by atoms with E-state index < -0.39 is 0 Å². The van der Waals surface area contributed by atoms with Crippen molar-refractivity contribution in [3.8, 4) is 5.75 Å². The van der Waals surface area contributed by atoms with Gasteiger partial charge in [-0.3, -0.25) is 4.68 Å².